The second-order valence-corrected chi connectivity index (χ2v) is 2.05. The smallest absolute Gasteiger partial charge is 0.149 e. The first kappa shape index (κ1) is 6.29. The highest BCUT2D eigenvalue weighted by molar-refractivity contribution is 6.29. The maximum absolute atomic E-state index is 5.46. The lowest BCUT2D eigenvalue weighted by molar-refractivity contribution is 1.13. The minimum Gasteiger partial charge on any atom is -0.382 e. The third-order valence-corrected chi connectivity index (χ3v) is 1.14. The summed E-state index contributed by atoms with van der Waals surface area (Å²) in [4.78, 5) is 7.61. The lowest BCUT2D eigenvalue weighted by Gasteiger charge is -1.94. The third-order valence-electron chi connectivity index (χ3n) is 0.963. The number of hydrogen-bond acceptors (Lipinski definition) is 3. The van der Waals surface area contributed by atoms with E-state index in [-0.39, 0.29) is 0 Å². The predicted molar refractivity (Wildman–Crippen MR) is 36.2 cm³/mol. The van der Waals surface area contributed by atoms with Crippen molar-refractivity contribution in [1.82, 2.24) is 9.97 Å². The average molecular weight is 144 g/mol. The van der Waals surface area contributed by atoms with Crippen molar-refractivity contribution in [2.24, 2.45) is 0 Å². The maximum Gasteiger partial charge on any atom is 0.149 e. The van der Waals surface area contributed by atoms with E-state index < -0.39 is 0 Å². The Labute approximate surface area is 57.9 Å². The second-order valence-electron chi connectivity index (χ2n) is 1.66. The molecule has 1 aromatic heterocycles. The summed E-state index contributed by atoms with van der Waals surface area (Å²) in [6.07, 6.45) is 1.47. The normalized spacial score (nSPS) is 9.56. The zero-order valence-electron chi connectivity index (χ0n) is 4.93. The molecule has 0 amide bonds. The summed E-state index contributed by atoms with van der Waals surface area (Å²) in [7, 11) is 0. The molecule has 4 heteroatoms. The molecule has 48 valence electrons. The van der Waals surface area contributed by atoms with Crippen molar-refractivity contribution in [3.8, 4) is 0 Å². The van der Waals surface area contributed by atoms with E-state index in [0.29, 0.717) is 16.7 Å². The maximum atomic E-state index is 5.46. The Bertz CT molecular complexity index is 223. The van der Waals surface area contributed by atoms with Gasteiger partial charge in [0.05, 0.1) is 11.9 Å². The third kappa shape index (κ3) is 1.29. The molecule has 0 aromatic carbocycles. The highest BCUT2D eigenvalue weighted by Crippen LogP contribution is 2.07. The molecule has 0 spiro atoms. The van der Waals surface area contributed by atoms with Crippen LogP contribution in [0.4, 0.5) is 5.82 Å². The number of anilines is 1. The molecular formula is C5H6ClN3. The first-order valence-corrected chi connectivity index (χ1v) is 2.82. The lowest BCUT2D eigenvalue weighted by atomic mass is 10.5. The van der Waals surface area contributed by atoms with Gasteiger partial charge in [-0.05, 0) is 6.92 Å². The van der Waals surface area contributed by atoms with Gasteiger partial charge in [-0.3, -0.25) is 4.98 Å². The molecule has 0 saturated carbocycles. The van der Waals surface area contributed by atoms with Crippen LogP contribution >= 0.6 is 11.6 Å². The van der Waals surface area contributed by atoms with Crippen LogP contribution in [-0.4, -0.2) is 9.97 Å². The number of hydrogen-bond donors (Lipinski definition) is 1. The summed E-state index contributed by atoms with van der Waals surface area (Å²) >= 11 is 5.46. The van der Waals surface area contributed by atoms with Gasteiger partial charge in [-0.25, -0.2) is 4.98 Å². The van der Waals surface area contributed by atoms with E-state index in [1.807, 2.05) is 0 Å². The van der Waals surface area contributed by atoms with Gasteiger partial charge in [0, 0.05) is 0 Å². The summed E-state index contributed by atoms with van der Waals surface area (Å²) in [5.41, 5.74) is 6.07. The fourth-order valence-corrected chi connectivity index (χ4v) is 0.581. The molecule has 9 heavy (non-hydrogen) atoms. The summed E-state index contributed by atoms with van der Waals surface area (Å²) in [6.45, 7) is 1.78. The van der Waals surface area contributed by atoms with Crippen molar-refractivity contribution in [3.63, 3.8) is 0 Å². The van der Waals surface area contributed by atoms with E-state index in [1.165, 1.54) is 6.20 Å². The quantitative estimate of drug-likeness (QED) is 0.590. The highest BCUT2D eigenvalue weighted by atomic mass is 35.5. The Morgan fingerprint density at radius 3 is 2.78 bits per heavy atom. The molecule has 1 aromatic rings. The van der Waals surface area contributed by atoms with Gasteiger partial charge in [0.25, 0.3) is 0 Å². The summed E-state index contributed by atoms with van der Waals surface area (Å²) in [5.74, 6) is 0.391. The number of nitrogens with zero attached hydrogens (tertiary/aromatic N) is 2. The van der Waals surface area contributed by atoms with Crippen LogP contribution < -0.4 is 5.73 Å². The molecule has 0 saturated heterocycles. The van der Waals surface area contributed by atoms with E-state index in [9.17, 15) is 0 Å². The van der Waals surface area contributed by atoms with Crippen LogP contribution in [0.15, 0.2) is 6.20 Å². The predicted octanol–water partition coefficient (Wildman–Crippen LogP) is 1.02. The molecular weight excluding hydrogens is 138 g/mol. The van der Waals surface area contributed by atoms with Crippen LogP contribution in [0, 0.1) is 6.92 Å². The Hall–Kier alpha value is -0.830. The van der Waals surface area contributed by atoms with Gasteiger partial charge in [0.15, 0.2) is 0 Å². The van der Waals surface area contributed by atoms with Crippen molar-refractivity contribution in [2.45, 2.75) is 6.92 Å². The standard InChI is InChI=1S/C5H6ClN3/c1-3-5(7)9-4(6)2-8-3/h2H,1H3,(H2,7,9). The molecule has 0 fully saturated rings. The Morgan fingerprint density at radius 1 is 1.67 bits per heavy atom. The van der Waals surface area contributed by atoms with Crippen molar-refractivity contribution in [1.29, 1.82) is 0 Å². The molecule has 0 atom stereocenters. The number of halogens is 1. The largest absolute Gasteiger partial charge is 0.382 e. The van der Waals surface area contributed by atoms with Crippen LogP contribution in [0.3, 0.4) is 0 Å². The fraction of sp³-hybridized carbons (Fsp3) is 0.200. The Balaban J connectivity index is 3.17. The topological polar surface area (TPSA) is 51.8 Å². The number of aromatic nitrogens is 2. The number of aryl methyl sites for hydroxylation is 1. The highest BCUT2D eigenvalue weighted by Gasteiger charge is 1.94. The van der Waals surface area contributed by atoms with Crippen LogP contribution in [0.25, 0.3) is 0 Å². The SMILES string of the molecule is Cc1ncc(Cl)nc1N. The van der Waals surface area contributed by atoms with Gasteiger partial charge in [-0.15, -0.1) is 0 Å². The Morgan fingerprint density at radius 2 is 2.33 bits per heavy atom. The van der Waals surface area contributed by atoms with Gasteiger partial charge in [-0.2, -0.15) is 0 Å². The number of nitrogen functional groups attached to an aromatic ring is 1. The molecule has 0 bridgehead atoms. The van der Waals surface area contributed by atoms with Gasteiger partial charge in [0.2, 0.25) is 0 Å². The van der Waals surface area contributed by atoms with Gasteiger partial charge in [0.1, 0.15) is 11.0 Å². The van der Waals surface area contributed by atoms with Crippen molar-refractivity contribution < 1.29 is 0 Å². The second kappa shape index (κ2) is 2.19. The molecule has 2 N–H and O–H groups in total. The molecule has 0 radical (unpaired) electrons. The first-order chi connectivity index (χ1) is 4.20. The molecule has 0 unspecified atom stereocenters. The van der Waals surface area contributed by atoms with Crippen LogP contribution in [0.2, 0.25) is 5.15 Å². The molecule has 0 aliphatic rings. The Kier molecular flexibility index (Phi) is 1.53. The zero-order chi connectivity index (χ0) is 6.85. The summed E-state index contributed by atoms with van der Waals surface area (Å²) < 4.78 is 0. The fourth-order valence-electron chi connectivity index (χ4n) is 0.441. The van der Waals surface area contributed by atoms with Gasteiger partial charge >= 0.3 is 0 Å². The van der Waals surface area contributed by atoms with Crippen LogP contribution in [0.5, 0.6) is 0 Å². The summed E-state index contributed by atoms with van der Waals surface area (Å²) in [5, 5.41) is 0.332. The molecule has 0 aliphatic heterocycles. The van der Waals surface area contributed by atoms with Crippen LogP contribution in [-0.2, 0) is 0 Å². The first-order valence-electron chi connectivity index (χ1n) is 2.45. The molecule has 3 nitrogen and oxygen atoms in total. The lowest BCUT2D eigenvalue weighted by Crippen LogP contribution is -1.95. The van der Waals surface area contributed by atoms with Crippen molar-refractivity contribution >= 4 is 17.4 Å². The minimum absolute atomic E-state index is 0.332. The van der Waals surface area contributed by atoms with E-state index in [4.69, 9.17) is 17.3 Å². The van der Waals surface area contributed by atoms with Crippen molar-refractivity contribution in [3.05, 3.63) is 17.0 Å². The van der Waals surface area contributed by atoms with E-state index in [2.05, 4.69) is 9.97 Å². The van der Waals surface area contributed by atoms with E-state index in [0.717, 1.165) is 0 Å². The van der Waals surface area contributed by atoms with E-state index >= 15 is 0 Å². The van der Waals surface area contributed by atoms with Gasteiger partial charge < -0.3 is 5.73 Å². The summed E-state index contributed by atoms with van der Waals surface area (Å²) in [6, 6.07) is 0. The minimum atomic E-state index is 0.332. The average Bonchev–Trinajstić information content (AvgIpc) is 1.80. The van der Waals surface area contributed by atoms with Crippen LogP contribution in [0.1, 0.15) is 5.69 Å². The zero-order valence-corrected chi connectivity index (χ0v) is 5.68. The number of nitrogens with two attached hydrogens (primary N) is 1. The van der Waals surface area contributed by atoms with Gasteiger partial charge in [-0.1, -0.05) is 11.6 Å². The molecule has 1 rings (SSSR count). The van der Waals surface area contributed by atoms with E-state index in [1.54, 1.807) is 6.92 Å². The monoisotopic (exact) mass is 143 g/mol. The molecule has 1 heterocycles. The molecule has 0 aliphatic carbocycles. The number of rotatable bonds is 0. The van der Waals surface area contributed by atoms with Crippen molar-refractivity contribution in [2.75, 3.05) is 5.73 Å².